The van der Waals surface area contributed by atoms with Gasteiger partial charge in [-0.25, -0.2) is 0 Å². The lowest BCUT2D eigenvalue weighted by Gasteiger charge is -2.14. The van der Waals surface area contributed by atoms with Crippen molar-refractivity contribution in [3.63, 3.8) is 0 Å². The lowest BCUT2D eigenvalue weighted by Crippen LogP contribution is -2.36. The highest BCUT2D eigenvalue weighted by molar-refractivity contribution is 5.74. The number of aliphatic carboxylic acids is 1. The van der Waals surface area contributed by atoms with E-state index in [2.05, 4.69) is 5.92 Å². The number of carbonyl (C=O) groups is 1. The quantitative estimate of drug-likeness (QED) is 0.612. The van der Waals surface area contributed by atoms with E-state index < -0.39 is 18.1 Å². The van der Waals surface area contributed by atoms with Crippen LogP contribution in [0.25, 0.3) is 0 Å². The van der Waals surface area contributed by atoms with Gasteiger partial charge in [-0.05, 0) is 17.7 Å². The molecule has 4 heteroatoms. The summed E-state index contributed by atoms with van der Waals surface area (Å²) >= 11 is 0. The number of hydrogen-bond acceptors (Lipinski definition) is 3. The van der Waals surface area contributed by atoms with Crippen molar-refractivity contribution < 1.29 is 15.0 Å². The Morgan fingerprint density at radius 1 is 1.40 bits per heavy atom. The molecule has 0 aliphatic carbocycles. The van der Waals surface area contributed by atoms with Crippen LogP contribution in [0.4, 0.5) is 0 Å². The Morgan fingerprint density at radius 2 is 1.93 bits per heavy atom. The summed E-state index contributed by atoms with van der Waals surface area (Å²) in [7, 11) is 0. The maximum Gasteiger partial charge on any atom is 0.323 e. The topological polar surface area (TPSA) is 83.5 Å². The Labute approximate surface area is 87.3 Å². The molecule has 15 heavy (non-hydrogen) atoms. The van der Waals surface area contributed by atoms with E-state index in [1.54, 1.807) is 24.3 Å². The van der Waals surface area contributed by atoms with Gasteiger partial charge in [-0.15, -0.1) is 6.42 Å². The fraction of sp³-hybridized carbons (Fsp3) is 0.182. The molecule has 0 saturated heterocycles. The molecular formula is C11H11NO3. The molecule has 0 saturated carbocycles. The number of hydrogen-bond donors (Lipinski definition) is 3. The number of rotatable bonds is 3. The first-order valence-electron chi connectivity index (χ1n) is 4.29. The molecule has 1 aromatic rings. The summed E-state index contributed by atoms with van der Waals surface area (Å²) in [5.41, 5.74) is 6.37. The fourth-order valence-corrected chi connectivity index (χ4v) is 1.12. The van der Waals surface area contributed by atoms with Gasteiger partial charge in [-0.2, -0.15) is 0 Å². The van der Waals surface area contributed by atoms with Gasteiger partial charge < -0.3 is 15.9 Å². The van der Waals surface area contributed by atoms with Gasteiger partial charge in [0.15, 0.2) is 0 Å². The smallest absolute Gasteiger partial charge is 0.323 e. The van der Waals surface area contributed by atoms with Crippen molar-refractivity contribution in [2.75, 3.05) is 0 Å². The van der Waals surface area contributed by atoms with Gasteiger partial charge in [-0.3, -0.25) is 4.79 Å². The summed E-state index contributed by atoms with van der Waals surface area (Å²) in [5, 5.41) is 18.2. The highest BCUT2D eigenvalue weighted by Crippen LogP contribution is 2.16. The van der Waals surface area contributed by atoms with Crippen molar-refractivity contribution in [3.05, 3.63) is 35.4 Å². The van der Waals surface area contributed by atoms with Gasteiger partial charge in [0, 0.05) is 5.56 Å². The number of benzene rings is 1. The van der Waals surface area contributed by atoms with Crippen LogP contribution >= 0.6 is 0 Å². The minimum atomic E-state index is -1.33. The molecule has 0 heterocycles. The highest BCUT2D eigenvalue weighted by Gasteiger charge is 2.23. The molecule has 2 atom stereocenters. The normalized spacial score (nSPS) is 13.9. The van der Waals surface area contributed by atoms with Crippen molar-refractivity contribution in [1.82, 2.24) is 0 Å². The number of terminal acetylenes is 1. The number of aliphatic hydroxyl groups is 1. The summed E-state index contributed by atoms with van der Waals surface area (Å²) < 4.78 is 0. The van der Waals surface area contributed by atoms with Crippen LogP contribution in [0.2, 0.25) is 0 Å². The Hall–Kier alpha value is -1.83. The maximum absolute atomic E-state index is 10.5. The van der Waals surface area contributed by atoms with Gasteiger partial charge in [0.25, 0.3) is 0 Å². The predicted octanol–water partition coefficient (Wildman–Crippen LogP) is 0.113. The predicted molar refractivity (Wildman–Crippen MR) is 54.9 cm³/mol. The third-order valence-corrected chi connectivity index (χ3v) is 2.04. The van der Waals surface area contributed by atoms with Crippen LogP contribution in [0, 0.1) is 12.3 Å². The van der Waals surface area contributed by atoms with E-state index in [0.29, 0.717) is 11.1 Å². The number of carboxylic acids is 1. The first-order chi connectivity index (χ1) is 7.06. The fourth-order valence-electron chi connectivity index (χ4n) is 1.12. The summed E-state index contributed by atoms with van der Waals surface area (Å²) in [6.45, 7) is 0. The largest absolute Gasteiger partial charge is 0.480 e. The molecule has 0 bridgehead atoms. The van der Waals surface area contributed by atoms with Crippen molar-refractivity contribution in [2.24, 2.45) is 5.73 Å². The van der Waals surface area contributed by atoms with Crippen LogP contribution < -0.4 is 5.73 Å². The van der Waals surface area contributed by atoms with Crippen LogP contribution in [-0.4, -0.2) is 22.2 Å². The molecule has 4 nitrogen and oxygen atoms in total. The molecular weight excluding hydrogens is 194 g/mol. The number of nitrogens with two attached hydrogens (primary N) is 1. The van der Waals surface area contributed by atoms with Crippen LogP contribution in [0.3, 0.4) is 0 Å². The van der Waals surface area contributed by atoms with Crippen molar-refractivity contribution in [3.8, 4) is 12.3 Å². The first kappa shape index (κ1) is 11.2. The third-order valence-electron chi connectivity index (χ3n) is 2.04. The summed E-state index contributed by atoms with van der Waals surface area (Å²) in [6.07, 6.45) is 3.93. The summed E-state index contributed by atoms with van der Waals surface area (Å²) in [6, 6.07) is 5.02. The van der Waals surface area contributed by atoms with Crippen LogP contribution in [0.5, 0.6) is 0 Å². The van der Waals surface area contributed by atoms with E-state index in [1.165, 1.54) is 0 Å². The zero-order chi connectivity index (χ0) is 11.4. The van der Waals surface area contributed by atoms with Crippen molar-refractivity contribution >= 4 is 5.97 Å². The Kier molecular flexibility index (Phi) is 3.45. The Morgan fingerprint density at radius 3 is 2.33 bits per heavy atom. The zero-order valence-corrected chi connectivity index (χ0v) is 7.92. The van der Waals surface area contributed by atoms with Gasteiger partial charge in [0.05, 0.1) is 0 Å². The Balaban J connectivity index is 2.88. The average molecular weight is 205 g/mol. The molecule has 0 aliphatic rings. The molecule has 0 fully saturated rings. The monoisotopic (exact) mass is 205 g/mol. The molecule has 0 amide bonds. The van der Waals surface area contributed by atoms with Gasteiger partial charge in [0.2, 0.25) is 0 Å². The lowest BCUT2D eigenvalue weighted by atomic mass is 10.0. The molecule has 0 spiro atoms. The second kappa shape index (κ2) is 4.60. The van der Waals surface area contributed by atoms with Gasteiger partial charge in [-0.1, -0.05) is 18.1 Å². The minimum absolute atomic E-state index is 0.434. The third kappa shape index (κ3) is 2.56. The lowest BCUT2D eigenvalue weighted by molar-refractivity contribution is -0.141. The van der Waals surface area contributed by atoms with Crippen LogP contribution in [0.15, 0.2) is 24.3 Å². The average Bonchev–Trinajstić information content (AvgIpc) is 2.27. The van der Waals surface area contributed by atoms with Gasteiger partial charge >= 0.3 is 5.97 Å². The van der Waals surface area contributed by atoms with E-state index in [1.807, 2.05) is 0 Å². The van der Waals surface area contributed by atoms with E-state index >= 15 is 0 Å². The molecule has 2 unspecified atom stereocenters. The maximum atomic E-state index is 10.5. The van der Waals surface area contributed by atoms with Gasteiger partial charge in [0.1, 0.15) is 12.1 Å². The van der Waals surface area contributed by atoms with Crippen LogP contribution in [-0.2, 0) is 4.79 Å². The summed E-state index contributed by atoms with van der Waals surface area (Å²) in [5.74, 6) is 1.17. The number of aliphatic hydroxyl groups excluding tert-OH is 1. The van der Waals surface area contributed by atoms with Crippen molar-refractivity contribution in [2.45, 2.75) is 12.1 Å². The SMILES string of the molecule is C#Cc1ccc(C(O)C(N)C(=O)O)cc1. The number of carboxylic acid groups (broad SMARTS) is 1. The van der Waals surface area contributed by atoms with E-state index in [0.717, 1.165) is 0 Å². The molecule has 78 valence electrons. The summed E-state index contributed by atoms with van der Waals surface area (Å²) in [4.78, 5) is 10.5. The Bertz CT molecular complexity index is 391. The molecule has 0 aliphatic heterocycles. The highest BCUT2D eigenvalue weighted by atomic mass is 16.4. The zero-order valence-electron chi connectivity index (χ0n) is 7.92. The van der Waals surface area contributed by atoms with E-state index in [4.69, 9.17) is 17.3 Å². The minimum Gasteiger partial charge on any atom is -0.480 e. The standard InChI is InChI=1S/C11H11NO3/c1-2-7-3-5-8(6-4-7)10(13)9(12)11(14)15/h1,3-6,9-10,13H,12H2,(H,14,15). The first-order valence-corrected chi connectivity index (χ1v) is 4.29. The molecule has 1 aromatic carbocycles. The van der Waals surface area contributed by atoms with Crippen LogP contribution in [0.1, 0.15) is 17.2 Å². The van der Waals surface area contributed by atoms with Crippen molar-refractivity contribution in [1.29, 1.82) is 0 Å². The second-order valence-corrected chi connectivity index (χ2v) is 3.08. The second-order valence-electron chi connectivity index (χ2n) is 3.08. The molecule has 4 N–H and O–H groups in total. The molecule has 0 radical (unpaired) electrons. The van der Waals surface area contributed by atoms with E-state index in [-0.39, 0.29) is 0 Å². The molecule has 0 aromatic heterocycles. The molecule has 1 rings (SSSR count). The van der Waals surface area contributed by atoms with E-state index in [9.17, 15) is 9.90 Å².